The molecular weight excluding hydrogens is 670 g/mol. The summed E-state index contributed by atoms with van der Waals surface area (Å²) in [6.07, 6.45) is 0.837. The molecular formula is C36H41F4N7O4. The summed E-state index contributed by atoms with van der Waals surface area (Å²) < 4.78 is 62.6. The van der Waals surface area contributed by atoms with Gasteiger partial charge >= 0.3 is 0 Å². The molecule has 2 aromatic heterocycles. The predicted octanol–water partition coefficient (Wildman–Crippen LogP) is 7.53. The molecule has 51 heavy (non-hydrogen) atoms. The van der Waals surface area contributed by atoms with Crippen molar-refractivity contribution in [1.82, 2.24) is 15.6 Å². The summed E-state index contributed by atoms with van der Waals surface area (Å²) in [5.74, 6) is -4.30. The lowest BCUT2D eigenvalue weighted by Crippen LogP contribution is -2.46. The summed E-state index contributed by atoms with van der Waals surface area (Å²) in [4.78, 5) is 24.4. The van der Waals surface area contributed by atoms with Crippen LogP contribution >= 0.6 is 0 Å². The molecule has 2 aromatic carbocycles. The van der Waals surface area contributed by atoms with E-state index in [-0.39, 0.29) is 49.6 Å². The number of hydrogen-bond donors (Lipinski definition) is 5. The van der Waals surface area contributed by atoms with Gasteiger partial charge in [0.15, 0.2) is 0 Å². The zero-order chi connectivity index (χ0) is 36.7. The molecule has 272 valence electrons. The molecule has 2 amide bonds. The maximum atomic E-state index is 13.3. The van der Waals surface area contributed by atoms with Crippen molar-refractivity contribution in [2.75, 3.05) is 21.7 Å². The molecule has 7 rings (SSSR count). The van der Waals surface area contributed by atoms with Gasteiger partial charge in [-0.15, -0.1) is 0 Å². The number of nitrogens with one attached hydrogen (secondary N) is 4. The third kappa shape index (κ3) is 8.12. The molecule has 1 atom stereocenters. The van der Waals surface area contributed by atoms with Crippen LogP contribution in [0.15, 0.2) is 45.4 Å². The van der Waals surface area contributed by atoms with Crippen LogP contribution in [0.3, 0.4) is 0 Å². The third-order valence-electron chi connectivity index (χ3n) is 9.42. The standard InChI is InChI=1S/C21H24F2N4O3.C15H17F2N3O/c1-11-19(12(2)30-27-11)13-6-7-15(24-14-9-21(22,23)10-14)17(8-13)26-20(29)16-4-3-5-18(28)25-16;1-8-14(9(2)21-20-8)10-3-4-13(12(18)5-10)19-11-6-15(16,17)7-11/h6-8,14,16,24H,3-5,9-10H2,1-2H3,(H,25,28)(H,26,29);3-5,11,19H,6-7,18H2,1-2H3/t16-;/m0./s1. The Hall–Kier alpha value is -5.08. The smallest absolute Gasteiger partial charge is 0.252 e. The molecule has 6 N–H and O–H groups in total. The highest BCUT2D eigenvalue weighted by Gasteiger charge is 2.46. The average molecular weight is 712 g/mol. The molecule has 11 nitrogen and oxygen atoms in total. The Morgan fingerprint density at radius 2 is 1.31 bits per heavy atom. The second kappa shape index (κ2) is 13.9. The van der Waals surface area contributed by atoms with E-state index in [9.17, 15) is 27.2 Å². The van der Waals surface area contributed by atoms with Gasteiger partial charge in [0.1, 0.15) is 17.6 Å². The minimum Gasteiger partial charge on any atom is -0.397 e. The van der Waals surface area contributed by atoms with Crippen molar-refractivity contribution in [3.05, 3.63) is 59.3 Å². The fourth-order valence-corrected chi connectivity index (χ4v) is 6.76. The Morgan fingerprint density at radius 3 is 1.78 bits per heavy atom. The number of halogens is 4. The second-order valence-electron chi connectivity index (χ2n) is 13.7. The van der Waals surface area contributed by atoms with Crippen molar-refractivity contribution in [2.24, 2.45) is 0 Å². The van der Waals surface area contributed by atoms with Gasteiger partial charge in [0, 0.05) is 55.3 Å². The fourth-order valence-electron chi connectivity index (χ4n) is 6.76. The van der Waals surface area contributed by atoms with Gasteiger partial charge in [0.2, 0.25) is 11.8 Å². The van der Waals surface area contributed by atoms with Crippen molar-refractivity contribution in [3.63, 3.8) is 0 Å². The van der Waals surface area contributed by atoms with E-state index >= 15 is 0 Å². The lowest BCUT2D eigenvalue weighted by atomic mass is 9.88. The van der Waals surface area contributed by atoms with E-state index in [4.69, 9.17) is 14.8 Å². The SMILES string of the molecule is Cc1noc(C)c1-c1ccc(NC2CC(F)(F)C2)c(N)c1.Cc1noc(C)c1-c1ccc(NC2CC(F)(F)C2)c(NC(=O)[C@@H]2CCCC(=O)N2)c1. The molecule has 15 heteroatoms. The van der Waals surface area contributed by atoms with Gasteiger partial charge < -0.3 is 36.0 Å². The lowest BCUT2D eigenvalue weighted by molar-refractivity contribution is -0.128. The van der Waals surface area contributed by atoms with Crippen LogP contribution in [0.1, 0.15) is 67.9 Å². The molecule has 0 spiro atoms. The van der Waals surface area contributed by atoms with E-state index in [2.05, 4.69) is 31.6 Å². The number of benzene rings is 2. The Kier molecular flexibility index (Phi) is 9.75. The van der Waals surface area contributed by atoms with Crippen LogP contribution in [-0.4, -0.2) is 52.1 Å². The van der Waals surface area contributed by atoms with Crippen LogP contribution in [-0.2, 0) is 9.59 Å². The zero-order valence-corrected chi connectivity index (χ0v) is 28.8. The van der Waals surface area contributed by atoms with Crippen LogP contribution in [0.4, 0.5) is 40.3 Å². The summed E-state index contributed by atoms with van der Waals surface area (Å²) in [5.41, 5.74) is 13.2. The number of hydrogen-bond acceptors (Lipinski definition) is 9. The number of anilines is 4. The van der Waals surface area contributed by atoms with Crippen molar-refractivity contribution in [1.29, 1.82) is 0 Å². The van der Waals surface area contributed by atoms with E-state index in [0.29, 0.717) is 53.5 Å². The minimum absolute atomic E-state index is 0.141. The monoisotopic (exact) mass is 711 g/mol. The quantitative estimate of drug-likeness (QED) is 0.0920. The molecule has 0 bridgehead atoms. The van der Waals surface area contributed by atoms with Gasteiger partial charge in [-0.2, -0.15) is 0 Å². The zero-order valence-electron chi connectivity index (χ0n) is 28.8. The van der Waals surface area contributed by atoms with Crippen molar-refractivity contribution in [2.45, 2.75) is 103 Å². The number of carbonyl (C=O) groups excluding carboxylic acids is 2. The second-order valence-corrected chi connectivity index (χ2v) is 13.7. The first-order chi connectivity index (χ1) is 24.1. The maximum absolute atomic E-state index is 13.3. The highest BCUT2D eigenvalue weighted by molar-refractivity contribution is 6.00. The first-order valence-corrected chi connectivity index (χ1v) is 16.9. The maximum Gasteiger partial charge on any atom is 0.252 e. The first kappa shape index (κ1) is 35.7. The van der Waals surface area contributed by atoms with Crippen molar-refractivity contribution >= 4 is 34.6 Å². The summed E-state index contributed by atoms with van der Waals surface area (Å²) in [7, 11) is 0. The van der Waals surface area contributed by atoms with Gasteiger partial charge in [0.05, 0.1) is 34.1 Å². The van der Waals surface area contributed by atoms with Crippen molar-refractivity contribution < 1.29 is 36.2 Å². The number of nitrogens with zero attached hydrogens (tertiary/aromatic N) is 2. The van der Waals surface area contributed by atoms with Gasteiger partial charge in [0.25, 0.3) is 11.8 Å². The Labute approximate surface area is 292 Å². The number of nitrogen functional groups attached to an aromatic ring is 1. The molecule has 3 heterocycles. The van der Waals surface area contributed by atoms with Gasteiger partial charge in [-0.3, -0.25) is 9.59 Å². The van der Waals surface area contributed by atoms with E-state index in [0.717, 1.165) is 33.7 Å². The van der Waals surface area contributed by atoms with E-state index in [1.165, 1.54) is 0 Å². The number of carbonyl (C=O) groups is 2. The number of aryl methyl sites for hydroxylation is 4. The molecule has 2 saturated carbocycles. The van der Waals surface area contributed by atoms with E-state index < -0.39 is 17.9 Å². The number of amides is 2. The number of aromatic nitrogens is 2. The Morgan fingerprint density at radius 1 is 0.804 bits per heavy atom. The number of rotatable bonds is 8. The van der Waals surface area contributed by atoms with Gasteiger partial charge in [-0.25, -0.2) is 17.6 Å². The van der Waals surface area contributed by atoms with Crippen LogP contribution in [0.25, 0.3) is 22.3 Å². The highest BCUT2D eigenvalue weighted by Crippen LogP contribution is 2.42. The predicted molar refractivity (Wildman–Crippen MR) is 185 cm³/mol. The molecule has 1 aliphatic heterocycles. The average Bonchev–Trinajstić information content (AvgIpc) is 3.56. The topological polar surface area (TPSA) is 160 Å². The number of piperidine rings is 1. The number of alkyl halides is 4. The van der Waals surface area contributed by atoms with E-state index in [1.807, 2.05) is 45.0 Å². The Bertz CT molecular complexity index is 1890. The summed E-state index contributed by atoms with van der Waals surface area (Å²) in [6, 6.07) is 9.68. The normalized spacial score (nSPS) is 19.5. The van der Waals surface area contributed by atoms with Crippen LogP contribution < -0.4 is 27.0 Å². The minimum atomic E-state index is -2.65. The van der Waals surface area contributed by atoms with Gasteiger partial charge in [-0.05, 0) is 75.9 Å². The molecule has 0 radical (unpaired) electrons. The Balaban J connectivity index is 0.000000187. The van der Waals surface area contributed by atoms with Gasteiger partial charge in [-0.1, -0.05) is 22.4 Å². The molecule has 0 unspecified atom stereocenters. The molecule has 3 aliphatic rings. The summed E-state index contributed by atoms with van der Waals surface area (Å²) >= 11 is 0. The fraction of sp³-hybridized carbons (Fsp3) is 0.444. The van der Waals surface area contributed by atoms with Crippen LogP contribution in [0.5, 0.6) is 0 Å². The molecule has 4 aromatic rings. The summed E-state index contributed by atoms with van der Waals surface area (Å²) in [6.45, 7) is 7.33. The van der Waals surface area contributed by atoms with E-state index in [1.54, 1.807) is 19.1 Å². The highest BCUT2D eigenvalue weighted by atomic mass is 19.3. The van der Waals surface area contributed by atoms with Crippen molar-refractivity contribution in [3.8, 4) is 22.3 Å². The summed E-state index contributed by atoms with van der Waals surface area (Å²) in [5, 5.41) is 19.6. The first-order valence-electron chi connectivity index (χ1n) is 16.9. The lowest BCUT2D eigenvalue weighted by Gasteiger charge is -2.36. The molecule has 3 fully saturated rings. The number of nitrogens with two attached hydrogens (primary N) is 1. The largest absolute Gasteiger partial charge is 0.397 e. The molecule has 2 aliphatic carbocycles. The third-order valence-corrected chi connectivity index (χ3v) is 9.42. The van der Waals surface area contributed by atoms with Crippen LogP contribution in [0.2, 0.25) is 0 Å². The van der Waals surface area contributed by atoms with Crippen LogP contribution in [0, 0.1) is 27.7 Å². The molecule has 1 saturated heterocycles.